The predicted molar refractivity (Wildman–Crippen MR) is 107 cm³/mol. The maximum atomic E-state index is 12.0. The Morgan fingerprint density at radius 2 is 2.07 bits per heavy atom. The van der Waals surface area contributed by atoms with Crippen molar-refractivity contribution in [1.29, 1.82) is 0 Å². The van der Waals surface area contributed by atoms with Crippen LogP contribution in [-0.4, -0.2) is 60.3 Å². The maximum absolute atomic E-state index is 12.0. The Balaban J connectivity index is 1.36. The second kappa shape index (κ2) is 8.67. The van der Waals surface area contributed by atoms with Gasteiger partial charge in [0, 0.05) is 38.9 Å². The lowest BCUT2D eigenvalue weighted by Crippen LogP contribution is -2.63. The lowest BCUT2D eigenvalue weighted by atomic mass is 10.1. The van der Waals surface area contributed by atoms with Crippen molar-refractivity contribution in [3.05, 3.63) is 23.9 Å². The molecule has 0 aromatic carbocycles. The molecule has 1 aromatic heterocycles. The highest BCUT2D eigenvalue weighted by Crippen LogP contribution is 2.29. The molecule has 0 radical (unpaired) electrons. The van der Waals surface area contributed by atoms with Crippen LogP contribution in [0.2, 0.25) is 0 Å². The number of guanidine groups is 1. The molecule has 2 aliphatic rings. The van der Waals surface area contributed by atoms with Gasteiger partial charge in [-0.25, -0.2) is 9.78 Å². The zero-order valence-corrected chi connectivity index (χ0v) is 17.2. The van der Waals surface area contributed by atoms with Gasteiger partial charge in [-0.15, -0.1) is 0 Å². The summed E-state index contributed by atoms with van der Waals surface area (Å²) in [5.74, 6) is 2.09. The van der Waals surface area contributed by atoms with Crippen LogP contribution in [0.25, 0.3) is 0 Å². The zero-order chi connectivity index (χ0) is 20.1. The van der Waals surface area contributed by atoms with E-state index in [1.54, 1.807) is 11.9 Å². The fourth-order valence-electron chi connectivity index (χ4n) is 2.71. The van der Waals surface area contributed by atoms with E-state index in [1.807, 2.05) is 39.1 Å². The SMILES string of the molecule is CN=C(NCc1ccc(OCC2CC2)nc1)NC1CN(C(=O)OC(C)(C)C)C1. The Morgan fingerprint density at radius 1 is 1.32 bits per heavy atom. The number of ether oxygens (including phenoxy) is 2. The minimum absolute atomic E-state index is 0.162. The largest absolute Gasteiger partial charge is 0.477 e. The number of aliphatic imine (C=N–C) groups is 1. The van der Waals surface area contributed by atoms with E-state index in [9.17, 15) is 4.79 Å². The molecule has 3 rings (SSSR count). The minimum atomic E-state index is -0.473. The van der Waals surface area contributed by atoms with Gasteiger partial charge < -0.3 is 25.0 Å². The Kier molecular flexibility index (Phi) is 6.26. The summed E-state index contributed by atoms with van der Waals surface area (Å²) in [5.41, 5.74) is 0.574. The number of amides is 1. The number of hydrogen-bond donors (Lipinski definition) is 2. The van der Waals surface area contributed by atoms with E-state index in [0.717, 1.165) is 18.1 Å². The molecule has 2 fully saturated rings. The van der Waals surface area contributed by atoms with Crippen LogP contribution in [0.1, 0.15) is 39.2 Å². The smallest absolute Gasteiger partial charge is 0.410 e. The van der Waals surface area contributed by atoms with Gasteiger partial charge in [0.15, 0.2) is 5.96 Å². The lowest BCUT2D eigenvalue weighted by molar-refractivity contribution is 0.00701. The molecule has 0 spiro atoms. The fourth-order valence-corrected chi connectivity index (χ4v) is 2.71. The summed E-state index contributed by atoms with van der Waals surface area (Å²) in [4.78, 5) is 22.3. The van der Waals surface area contributed by atoms with Gasteiger partial charge in [0.25, 0.3) is 0 Å². The Morgan fingerprint density at radius 3 is 2.64 bits per heavy atom. The summed E-state index contributed by atoms with van der Waals surface area (Å²) in [6, 6.07) is 4.07. The molecule has 28 heavy (non-hydrogen) atoms. The van der Waals surface area contributed by atoms with E-state index in [1.165, 1.54) is 12.8 Å². The molecule has 0 bridgehead atoms. The average Bonchev–Trinajstić information content (AvgIpc) is 3.42. The number of pyridine rings is 1. The van der Waals surface area contributed by atoms with Crippen LogP contribution in [0.3, 0.4) is 0 Å². The molecule has 0 atom stereocenters. The number of likely N-dealkylation sites (tertiary alicyclic amines) is 1. The van der Waals surface area contributed by atoms with Crippen molar-refractivity contribution in [1.82, 2.24) is 20.5 Å². The second-order valence-electron chi connectivity index (χ2n) is 8.41. The Labute approximate surface area is 166 Å². The molecule has 1 aliphatic carbocycles. The van der Waals surface area contributed by atoms with Crippen molar-refractivity contribution in [2.75, 3.05) is 26.7 Å². The summed E-state index contributed by atoms with van der Waals surface area (Å²) in [6.45, 7) is 8.18. The van der Waals surface area contributed by atoms with Gasteiger partial charge in [0.2, 0.25) is 5.88 Å². The first-order chi connectivity index (χ1) is 13.3. The maximum Gasteiger partial charge on any atom is 0.410 e. The topological polar surface area (TPSA) is 88.1 Å². The summed E-state index contributed by atoms with van der Waals surface area (Å²) in [7, 11) is 1.73. The third-order valence-electron chi connectivity index (χ3n) is 4.52. The predicted octanol–water partition coefficient (Wildman–Crippen LogP) is 2.15. The van der Waals surface area contributed by atoms with Crippen LogP contribution < -0.4 is 15.4 Å². The van der Waals surface area contributed by atoms with Crippen molar-refractivity contribution in [2.24, 2.45) is 10.9 Å². The zero-order valence-electron chi connectivity index (χ0n) is 17.2. The molecule has 1 aromatic rings. The first kappa shape index (κ1) is 20.2. The number of carbonyl (C=O) groups is 1. The average molecular weight is 390 g/mol. The van der Waals surface area contributed by atoms with Gasteiger partial charge in [-0.1, -0.05) is 6.07 Å². The van der Waals surface area contributed by atoms with Crippen LogP contribution in [0, 0.1) is 5.92 Å². The van der Waals surface area contributed by atoms with Crippen LogP contribution in [0.4, 0.5) is 4.79 Å². The molecule has 8 heteroatoms. The molecule has 2 heterocycles. The van der Waals surface area contributed by atoms with Crippen molar-refractivity contribution in [2.45, 2.75) is 51.8 Å². The van der Waals surface area contributed by atoms with Crippen LogP contribution in [0.15, 0.2) is 23.3 Å². The number of nitrogens with zero attached hydrogens (tertiary/aromatic N) is 3. The molecule has 1 amide bonds. The van der Waals surface area contributed by atoms with E-state index in [4.69, 9.17) is 9.47 Å². The molecule has 0 unspecified atom stereocenters. The van der Waals surface area contributed by atoms with E-state index < -0.39 is 5.60 Å². The first-order valence-corrected chi connectivity index (χ1v) is 9.85. The molecule has 8 nitrogen and oxygen atoms in total. The monoisotopic (exact) mass is 389 g/mol. The summed E-state index contributed by atoms with van der Waals surface area (Å²) < 4.78 is 11.0. The normalized spacial score (nSPS) is 17.7. The number of aromatic nitrogens is 1. The third kappa shape index (κ3) is 6.28. The van der Waals surface area contributed by atoms with Gasteiger partial charge >= 0.3 is 6.09 Å². The van der Waals surface area contributed by atoms with Crippen molar-refractivity contribution < 1.29 is 14.3 Å². The molecule has 1 aliphatic heterocycles. The Hall–Kier alpha value is -2.51. The summed E-state index contributed by atoms with van der Waals surface area (Å²) >= 11 is 0. The highest BCUT2D eigenvalue weighted by atomic mass is 16.6. The lowest BCUT2D eigenvalue weighted by Gasteiger charge is -2.40. The van der Waals surface area contributed by atoms with Gasteiger partial charge in [0.05, 0.1) is 12.6 Å². The van der Waals surface area contributed by atoms with Gasteiger partial charge in [-0.3, -0.25) is 4.99 Å². The molecule has 1 saturated carbocycles. The number of hydrogen-bond acceptors (Lipinski definition) is 5. The summed E-state index contributed by atoms with van der Waals surface area (Å²) in [6.07, 6.45) is 4.08. The van der Waals surface area contributed by atoms with Crippen LogP contribution in [-0.2, 0) is 11.3 Å². The van der Waals surface area contributed by atoms with Crippen LogP contribution >= 0.6 is 0 Å². The highest BCUT2D eigenvalue weighted by Gasteiger charge is 2.34. The quantitative estimate of drug-likeness (QED) is 0.573. The summed E-state index contributed by atoms with van der Waals surface area (Å²) in [5, 5.41) is 6.59. The third-order valence-corrected chi connectivity index (χ3v) is 4.52. The number of nitrogens with one attached hydrogen (secondary N) is 2. The minimum Gasteiger partial charge on any atom is -0.477 e. The van der Waals surface area contributed by atoms with Crippen LogP contribution in [0.5, 0.6) is 5.88 Å². The highest BCUT2D eigenvalue weighted by molar-refractivity contribution is 5.80. The van der Waals surface area contributed by atoms with Gasteiger partial charge in [-0.2, -0.15) is 0 Å². The molecule has 154 valence electrons. The van der Waals surface area contributed by atoms with Crippen molar-refractivity contribution in [3.8, 4) is 5.88 Å². The molecular weight excluding hydrogens is 358 g/mol. The van der Waals surface area contributed by atoms with E-state index in [0.29, 0.717) is 31.5 Å². The van der Waals surface area contributed by atoms with Gasteiger partial charge in [-0.05, 0) is 45.1 Å². The number of rotatable bonds is 6. The van der Waals surface area contributed by atoms with Gasteiger partial charge in [0.1, 0.15) is 5.60 Å². The fraction of sp³-hybridized carbons (Fsp3) is 0.650. The van der Waals surface area contributed by atoms with E-state index in [2.05, 4.69) is 20.6 Å². The van der Waals surface area contributed by atoms with E-state index >= 15 is 0 Å². The Bertz CT molecular complexity index is 689. The molecular formula is C20H31N5O3. The second-order valence-corrected chi connectivity index (χ2v) is 8.41. The van der Waals surface area contributed by atoms with Crippen molar-refractivity contribution in [3.63, 3.8) is 0 Å². The van der Waals surface area contributed by atoms with E-state index in [-0.39, 0.29) is 12.1 Å². The standard InChI is InChI=1S/C20H31N5O3/c1-20(2,3)28-19(26)25-11-16(12-25)24-18(21-4)23-10-15-7-8-17(22-9-15)27-13-14-5-6-14/h7-9,14,16H,5-6,10-13H2,1-4H3,(H2,21,23,24). The number of carbonyl (C=O) groups excluding carboxylic acids is 1. The molecule has 1 saturated heterocycles. The van der Waals surface area contributed by atoms with Crippen molar-refractivity contribution >= 4 is 12.1 Å². The first-order valence-electron chi connectivity index (χ1n) is 9.85. The molecule has 2 N–H and O–H groups in total.